The molecule has 4 heteroatoms. The molecule has 96 valence electrons. The molecule has 4 nitrogen and oxygen atoms in total. The number of rotatable bonds is 5. The molecule has 0 radical (unpaired) electrons. The molecule has 2 aromatic rings. The van der Waals surface area contributed by atoms with Gasteiger partial charge in [-0.15, -0.1) is 5.10 Å². The number of hydrogen-bond donors (Lipinski definition) is 1. The molecule has 0 amide bonds. The standard InChI is InChI=1S/C14H19N3O/c1-11-5-3-4-6-12(11)7-8-14(18)9-13-10-17(2)16-15-13/h3-6,10,14,18H,7-9H2,1-2H3. The second-order valence-electron chi connectivity index (χ2n) is 4.71. The summed E-state index contributed by atoms with van der Waals surface area (Å²) in [4.78, 5) is 0. The van der Waals surface area contributed by atoms with E-state index < -0.39 is 0 Å². The first kappa shape index (κ1) is 12.8. The van der Waals surface area contributed by atoms with Crippen LogP contribution in [0.3, 0.4) is 0 Å². The van der Waals surface area contributed by atoms with Crippen LogP contribution < -0.4 is 0 Å². The molecule has 18 heavy (non-hydrogen) atoms. The zero-order chi connectivity index (χ0) is 13.0. The Balaban J connectivity index is 1.85. The minimum absolute atomic E-state index is 0.360. The molecule has 0 saturated heterocycles. The van der Waals surface area contributed by atoms with E-state index in [9.17, 15) is 5.11 Å². The third kappa shape index (κ3) is 3.40. The highest BCUT2D eigenvalue weighted by Crippen LogP contribution is 2.12. The lowest BCUT2D eigenvalue weighted by atomic mass is 10.0. The number of aryl methyl sites for hydroxylation is 3. The summed E-state index contributed by atoms with van der Waals surface area (Å²) >= 11 is 0. The second-order valence-corrected chi connectivity index (χ2v) is 4.71. The van der Waals surface area contributed by atoms with Gasteiger partial charge < -0.3 is 5.11 Å². The smallest absolute Gasteiger partial charge is 0.0852 e. The first-order valence-electron chi connectivity index (χ1n) is 6.23. The predicted molar refractivity (Wildman–Crippen MR) is 70.2 cm³/mol. The Morgan fingerprint density at radius 3 is 2.78 bits per heavy atom. The minimum Gasteiger partial charge on any atom is -0.393 e. The Labute approximate surface area is 107 Å². The van der Waals surface area contributed by atoms with Crippen LogP contribution >= 0.6 is 0 Å². The summed E-state index contributed by atoms with van der Waals surface area (Å²) in [5, 5.41) is 17.8. The number of aliphatic hydroxyl groups excluding tert-OH is 1. The van der Waals surface area contributed by atoms with Crippen molar-refractivity contribution in [3.05, 3.63) is 47.3 Å². The lowest BCUT2D eigenvalue weighted by molar-refractivity contribution is 0.164. The van der Waals surface area contributed by atoms with Crippen LogP contribution in [-0.4, -0.2) is 26.2 Å². The summed E-state index contributed by atoms with van der Waals surface area (Å²) in [6.07, 6.45) is 3.70. The highest BCUT2D eigenvalue weighted by molar-refractivity contribution is 5.25. The van der Waals surface area contributed by atoms with Gasteiger partial charge in [0.1, 0.15) is 0 Å². The normalized spacial score (nSPS) is 12.6. The molecule has 2 rings (SSSR count). The number of aromatic nitrogens is 3. The Hall–Kier alpha value is -1.68. The molecule has 0 spiro atoms. The van der Waals surface area contributed by atoms with Gasteiger partial charge in [0.05, 0.1) is 11.8 Å². The molecule has 1 N–H and O–H groups in total. The average molecular weight is 245 g/mol. The molecule has 0 aliphatic carbocycles. The lowest BCUT2D eigenvalue weighted by Gasteiger charge is -2.10. The van der Waals surface area contributed by atoms with Crippen LogP contribution in [0.4, 0.5) is 0 Å². The molecule has 1 aromatic heterocycles. The van der Waals surface area contributed by atoms with Gasteiger partial charge in [0, 0.05) is 19.7 Å². The van der Waals surface area contributed by atoms with Crippen molar-refractivity contribution in [1.82, 2.24) is 15.0 Å². The molecule has 0 saturated carbocycles. The number of nitrogens with zero attached hydrogens (tertiary/aromatic N) is 3. The highest BCUT2D eigenvalue weighted by Gasteiger charge is 2.09. The summed E-state index contributed by atoms with van der Waals surface area (Å²) in [5.41, 5.74) is 3.43. The summed E-state index contributed by atoms with van der Waals surface area (Å²) in [6.45, 7) is 2.10. The first-order chi connectivity index (χ1) is 8.65. The fraction of sp³-hybridized carbons (Fsp3) is 0.429. The van der Waals surface area contributed by atoms with Crippen LogP contribution in [0, 0.1) is 6.92 Å². The molecule has 0 aliphatic rings. The first-order valence-corrected chi connectivity index (χ1v) is 6.23. The van der Waals surface area contributed by atoms with E-state index in [1.165, 1.54) is 11.1 Å². The van der Waals surface area contributed by atoms with Gasteiger partial charge in [0.25, 0.3) is 0 Å². The Morgan fingerprint density at radius 2 is 2.11 bits per heavy atom. The quantitative estimate of drug-likeness (QED) is 0.871. The molecule has 1 heterocycles. The maximum absolute atomic E-state index is 9.99. The summed E-state index contributed by atoms with van der Waals surface area (Å²) in [5.74, 6) is 0. The van der Waals surface area contributed by atoms with Crippen LogP contribution in [-0.2, 0) is 19.9 Å². The van der Waals surface area contributed by atoms with Crippen molar-refractivity contribution in [2.24, 2.45) is 7.05 Å². The molecule has 0 bridgehead atoms. The number of aliphatic hydroxyl groups is 1. The Morgan fingerprint density at radius 1 is 1.33 bits per heavy atom. The van der Waals surface area contributed by atoms with Gasteiger partial charge in [0.2, 0.25) is 0 Å². The molecule has 1 atom stereocenters. The summed E-state index contributed by atoms with van der Waals surface area (Å²) < 4.78 is 1.66. The molecule has 0 fully saturated rings. The predicted octanol–water partition coefficient (Wildman–Crippen LogP) is 1.66. The third-order valence-electron chi connectivity index (χ3n) is 3.10. The average Bonchev–Trinajstić information content (AvgIpc) is 2.74. The van der Waals surface area contributed by atoms with Gasteiger partial charge >= 0.3 is 0 Å². The van der Waals surface area contributed by atoms with Gasteiger partial charge in [-0.1, -0.05) is 29.5 Å². The monoisotopic (exact) mass is 245 g/mol. The largest absolute Gasteiger partial charge is 0.393 e. The van der Waals surface area contributed by atoms with Crippen LogP contribution in [0.1, 0.15) is 23.2 Å². The number of hydrogen-bond acceptors (Lipinski definition) is 3. The van der Waals surface area contributed by atoms with E-state index in [-0.39, 0.29) is 6.10 Å². The van der Waals surface area contributed by atoms with E-state index in [0.29, 0.717) is 6.42 Å². The molecule has 1 unspecified atom stereocenters. The van der Waals surface area contributed by atoms with Crippen molar-refractivity contribution >= 4 is 0 Å². The van der Waals surface area contributed by atoms with E-state index in [1.54, 1.807) is 4.68 Å². The van der Waals surface area contributed by atoms with Crippen molar-refractivity contribution in [3.8, 4) is 0 Å². The van der Waals surface area contributed by atoms with Gasteiger partial charge in [-0.05, 0) is 30.9 Å². The topological polar surface area (TPSA) is 50.9 Å². The van der Waals surface area contributed by atoms with Crippen molar-refractivity contribution < 1.29 is 5.11 Å². The minimum atomic E-state index is -0.360. The van der Waals surface area contributed by atoms with Crippen LogP contribution in [0.15, 0.2) is 30.5 Å². The van der Waals surface area contributed by atoms with Crippen molar-refractivity contribution in [2.45, 2.75) is 32.3 Å². The molecular formula is C14H19N3O. The SMILES string of the molecule is Cc1ccccc1CCC(O)Cc1cn(C)nn1. The highest BCUT2D eigenvalue weighted by atomic mass is 16.3. The second kappa shape index (κ2) is 5.78. The Bertz CT molecular complexity index is 507. The fourth-order valence-electron chi connectivity index (χ4n) is 2.04. The van der Waals surface area contributed by atoms with Gasteiger partial charge in [-0.2, -0.15) is 0 Å². The van der Waals surface area contributed by atoms with E-state index in [0.717, 1.165) is 18.5 Å². The van der Waals surface area contributed by atoms with E-state index in [4.69, 9.17) is 0 Å². The fourth-order valence-corrected chi connectivity index (χ4v) is 2.04. The van der Waals surface area contributed by atoms with E-state index in [2.05, 4.69) is 29.4 Å². The van der Waals surface area contributed by atoms with Crippen LogP contribution in [0.25, 0.3) is 0 Å². The third-order valence-corrected chi connectivity index (χ3v) is 3.10. The van der Waals surface area contributed by atoms with Crippen LogP contribution in [0.5, 0.6) is 0 Å². The van der Waals surface area contributed by atoms with E-state index >= 15 is 0 Å². The molecular weight excluding hydrogens is 226 g/mol. The lowest BCUT2D eigenvalue weighted by Crippen LogP contribution is -2.12. The van der Waals surface area contributed by atoms with Crippen LogP contribution in [0.2, 0.25) is 0 Å². The van der Waals surface area contributed by atoms with Crippen molar-refractivity contribution in [2.75, 3.05) is 0 Å². The van der Waals surface area contributed by atoms with Crippen molar-refractivity contribution in [3.63, 3.8) is 0 Å². The van der Waals surface area contributed by atoms with E-state index in [1.807, 2.05) is 25.4 Å². The van der Waals surface area contributed by atoms with Gasteiger partial charge in [-0.25, -0.2) is 0 Å². The summed E-state index contributed by atoms with van der Waals surface area (Å²) in [7, 11) is 1.83. The van der Waals surface area contributed by atoms with Gasteiger partial charge in [0.15, 0.2) is 0 Å². The maximum Gasteiger partial charge on any atom is 0.0852 e. The summed E-state index contributed by atoms with van der Waals surface area (Å²) in [6, 6.07) is 8.29. The Kier molecular flexibility index (Phi) is 4.10. The maximum atomic E-state index is 9.99. The van der Waals surface area contributed by atoms with Gasteiger partial charge in [-0.3, -0.25) is 4.68 Å². The zero-order valence-electron chi connectivity index (χ0n) is 10.9. The number of benzene rings is 1. The molecule has 1 aromatic carbocycles. The molecule has 0 aliphatic heterocycles. The zero-order valence-corrected chi connectivity index (χ0v) is 10.9. The van der Waals surface area contributed by atoms with Crippen molar-refractivity contribution in [1.29, 1.82) is 0 Å².